The lowest BCUT2D eigenvalue weighted by molar-refractivity contribution is 0.580. The van der Waals surface area contributed by atoms with E-state index in [1.165, 1.54) is 0 Å². The summed E-state index contributed by atoms with van der Waals surface area (Å²) in [7, 11) is 0. The van der Waals surface area contributed by atoms with E-state index in [0.29, 0.717) is 18.6 Å². The largest absolute Gasteiger partial charge is 0.363 e. The number of rotatable bonds is 3. The van der Waals surface area contributed by atoms with Crippen molar-refractivity contribution in [3.05, 3.63) is 29.6 Å². The minimum atomic E-state index is -0.139. The summed E-state index contributed by atoms with van der Waals surface area (Å²) in [4.78, 5) is 2.23. The fourth-order valence-electron chi connectivity index (χ4n) is 2.79. The molecular weight excluding hydrogens is 215 g/mol. The van der Waals surface area contributed by atoms with Crippen LogP contribution in [0.15, 0.2) is 18.2 Å². The Morgan fingerprint density at radius 3 is 2.76 bits per heavy atom. The highest BCUT2D eigenvalue weighted by Crippen LogP contribution is 2.33. The third-order valence-corrected chi connectivity index (χ3v) is 3.78. The van der Waals surface area contributed by atoms with Crippen molar-refractivity contribution in [2.45, 2.75) is 51.7 Å². The number of hydrogen-bond donors (Lipinski definition) is 1. The zero-order chi connectivity index (χ0) is 12.4. The normalized spacial score (nSPS) is 24.4. The summed E-state index contributed by atoms with van der Waals surface area (Å²) in [5.41, 5.74) is 7.11. The van der Waals surface area contributed by atoms with Crippen molar-refractivity contribution >= 4 is 5.69 Å². The van der Waals surface area contributed by atoms with Gasteiger partial charge in [0.05, 0.1) is 5.69 Å². The lowest BCUT2D eigenvalue weighted by Gasteiger charge is -2.30. The predicted octanol–water partition coefficient (Wildman–Crippen LogP) is 3.05. The van der Waals surface area contributed by atoms with E-state index in [4.69, 9.17) is 5.73 Å². The monoisotopic (exact) mass is 236 g/mol. The molecule has 17 heavy (non-hydrogen) atoms. The number of benzene rings is 1. The topological polar surface area (TPSA) is 29.3 Å². The van der Waals surface area contributed by atoms with Crippen LogP contribution in [0.5, 0.6) is 0 Å². The molecule has 0 aromatic heterocycles. The smallest absolute Gasteiger partial charge is 0.146 e. The quantitative estimate of drug-likeness (QED) is 0.874. The van der Waals surface area contributed by atoms with Crippen molar-refractivity contribution in [2.75, 3.05) is 4.90 Å². The minimum Gasteiger partial charge on any atom is -0.363 e. The van der Waals surface area contributed by atoms with Gasteiger partial charge in [-0.1, -0.05) is 13.0 Å². The standard InChI is InChI=1S/C14H21FN2/c1-3-12-6-4-10(2)17(12)14-7-5-11(9-16)8-13(14)15/h5,7-8,10,12H,3-4,6,9,16H2,1-2H3. The van der Waals surface area contributed by atoms with Crippen LogP contribution in [0.3, 0.4) is 0 Å². The molecule has 1 aromatic carbocycles. The third kappa shape index (κ3) is 2.29. The van der Waals surface area contributed by atoms with Crippen LogP contribution in [0, 0.1) is 5.82 Å². The van der Waals surface area contributed by atoms with Crippen molar-refractivity contribution in [2.24, 2.45) is 5.73 Å². The molecule has 2 atom stereocenters. The van der Waals surface area contributed by atoms with E-state index < -0.39 is 0 Å². The Kier molecular flexibility index (Phi) is 3.67. The summed E-state index contributed by atoms with van der Waals surface area (Å²) in [6.45, 7) is 4.73. The van der Waals surface area contributed by atoms with Gasteiger partial charge in [0.2, 0.25) is 0 Å². The van der Waals surface area contributed by atoms with Crippen LogP contribution in [0.4, 0.5) is 10.1 Å². The average Bonchev–Trinajstić information content (AvgIpc) is 2.70. The molecule has 2 unspecified atom stereocenters. The van der Waals surface area contributed by atoms with Crippen molar-refractivity contribution in [3.63, 3.8) is 0 Å². The Bertz CT molecular complexity index is 392. The molecule has 94 valence electrons. The summed E-state index contributed by atoms with van der Waals surface area (Å²) < 4.78 is 14.1. The fraction of sp³-hybridized carbons (Fsp3) is 0.571. The molecule has 1 aromatic rings. The molecule has 0 aliphatic carbocycles. The molecule has 2 nitrogen and oxygen atoms in total. The summed E-state index contributed by atoms with van der Waals surface area (Å²) >= 11 is 0. The Labute approximate surface area is 103 Å². The SMILES string of the molecule is CCC1CCC(C)N1c1ccc(CN)cc1F. The zero-order valence-corrected chi connectivity index (χ0v) is 10.6. The first-order valence-electron chi connectivity index (χ1n) is 6.44. The maximum absolute atomic E-state index is 14.1. The first-order chi connectivity index (χ1) is 8.17. The Hall–Kier alpha value is -1.09. The van der Waals surface area contributed by atoms with Crippen LogP contribution >= 0.6 is 0 Å². The molecule has 2 N–H and O–H groups in total. The fourth-order valence-corrected chi connectivity index (χ4v) is 2.79. The maximum atomic E-state index is 14.1. The van der Waals surface area contributed by atoms with Crippen LogP contribution in [0.25, 0.3) is 0 Å². The highest BCUT2D eigenvalue weighted by atomic mass is 19.1. The Morgan fingerprint density at radius 1 is 1.41 bits per heavy atom. The Balaban J connectivity index is 2.32. The van der Waals surface area contributed by atoms with E-state index in [9.17, 15) is 4.39 Å². The third-order valence-electron chi connectivity index (χ3n) is 3.78. The molecule has 0 radical (unpaired) electrons. The number of nitrogens with zero attached hydrogens (tertiary/aromatic N) is 1. The van der Waals surface area contributed by atoms with Crippen molar-refractivity contribution in [1.82, 2.24) is 0 Å². The lowest BCUT2D eigenvalue weighted by Crippen LogP contribution is -2.34. The van der Waals surface area contributed by atoms with Gasteiger partial charge in [-0.15, -0.1) is 0 Å². The van der Waals surface area contributed by atoms with Gasteiger partial charge >= 0.3 is 0 Å². The molecule has 0 bridgehead atoms. The average molecular weight is 236 g/mol. The van der Waals surface area contributed by atoms with E-state index in [1.54, 1.807) is 6.07 Å². The molecule has 1 aliphatic rings. The van der Waals surface area contributed by atoms with Crippen LogP contribution in [0.2, 0.25) is 0 Å². The van der Waals surface area contributed by atoms with E-state index in [0.717, 1.165) is 30.5 Å². The van der Waals surface area contributed by atoms with Crippen molar-refractivity contribution < 1.29 is 4.39 Å². The van der Waals surface area contributed by atoms with Gasteiger partial charge < -0.3 is 10.6 Å². The van der Waals surface area contributed by atoms with Gasteiger partial charge in [0, 0.05) is 18.6 Å². The Morgan fingerprint density at radius 2 is 2.18 bits per heavy atom. The summed E-state index contributed by atoms with van der Waals surface area (Å²) in [6, 6.07) is 6.27. The molecule has 0 saturated carbocycles. The lowest BCUT2D eigenvalue weighted by atomic mass is 10.1. The second-order valence-electron chi connectivity index (χ2n) is 4.89. The van der Waals surface area contributed by atoms with Gasteiger partial charge in [0.1, 0.15) is 5.82 Å². The first-order valence-corrected chi connectivity index (χ1v) is 6.44. The highest BCUT2D eigenvalue weighted by molar-refractivity contribution is 5.52. The van der Waals surface area contributed by atoms with E-state index >= 15 is 0 Å². The van der Waals surface area contributed by atoms with Crippen LogP contribution in [-0.2, 0) is 6.54 Å². The number of anilines is 1. The molecule has 2 rings (SSSR count). The van der Waals surface area contributed by atoms with Crippen LogP contribution in [-0.4, -0.2) is 12.1 Å². The van der Waals surface area contributed by atoms with Crippen molar-refractivity contribution in [1.29, 1.82) is 0 Å². The highest BCUT2D eigenvalue weighted by Gasteiger charge is 2.30. The molecule has 0 spiro atoms. The molecule has 0 amide bonds. The molecule has 1 fully saturated rings. The number of nitrogens with two attached hydrogens (primary N) is 1. The zero-order valence-electron chi connectivity index (χ0n) is 10.6. The van der Waals surface area contributed by atoms with Gasteiger partial charge in [-0.3, -0.25) is 0 Å². The van der Waals surface area contributed by atoms with Gasteiger partial charge in [-0.2, -0.15) is 0 Å². The maximum Gasteiger partial charge on any atom is 0.146 e. The predicted molar refractivity (Wildman–Crippen MR) is 69.5 cm³/mol. The van der Waals surface area contributed by atoms with Crippen LogP contribution in [0.1, 0.15) is 38.7 Å². The summed E-state index contributed by atoms with van der Waals surface area (Å²) in [5, 5.41) is 0. The summed E-state index contributed by atoms with van der Waals surface area (Å²) in [5.74, 6) is -0.139. The minimum absolute atomic E-state index is 0.139. The second-order valence-corrected chi connectivity index (χ2v) is 4.89. The van der Waals surface area contributed by atoms with Gasteiger partial charge in [0.25, 0.3) is 0 Å². The molecule has 3 heteroatoms. The summed E-state index contributed by atoms with van der Waals surface area (Å²) in [6.07, 6.45) is 3.38. The van der Waals surface area contributed by atoms with E-state index in [-0.39, 0.29) is 5.82 Å². The van der Waals surface area contributed by atoms with E-state index in [1.807, 2.05) is 12.1 Å². The molecular formula is C14H21FN2. The molecule has 1 saturated heterocycles. The molecule has 1 heterocycles. The van der Waals surface area contributed by atoms with Gasteiger partial charge in [-0.25, -0.2) is 4.39 Å². The second kappa shape index (κ2) is 5.05. The molecule has 1 aliphatic heterocycles. The van der Waals surface area contributed by atoms with Gasteiger partial charge in [0.15, 0.2) is 0 Å². The number of halogens is 1. The van der Waals surface area contributed by atoms with Crippen LogP contribution < -0.4 is 10.6 Å². The van der Waals surface area contributed by atoms with Gasteiger partial charge in [-0.05, 0) is 43.9 Å². The first kappa shape index (κ1) is 12.4. The van der Waals surface area contributed by atoms with Crippen molar-refractivity contribution in [3.8, 4) is 0 Å². The van der Waals surface area contributed by atoms with E-state index in [2.05, 4.69) is 18.7 Å². The number of hydrogen-bond acceptors (Lipinski definition) is 2.